The summed E-state index contributed by atoms with van der Waals surface area (Å²) >= 11 is 1.77. The highest BCUT2D eigenvalue weighted by molar-refractivity contribution is 7.98. The first-order valence-corrected chi connectivity index (χ1v) is 10.4. The third-order valence-electron chi connectivity index (χ3n) is 4.41. The number of nitrogens with zero attached hydrogens (tertiary/aromatic N) is 1. The minimum absolute atomic E-state index is 0.621. The summed E-state index contributed by atoms with van der Waals surface area (Å²) in [7, 11) is 1.78. The lowest BCUT2D eigenvalue weighted by Crippen LogP contribution is -2.36. The molecule has 0 atom stereocenters. The van der Waals surface area contributed by atoms with Crippen LogP contribution in [0.15, 0.2) is 46.3 Å². The molecule has 0 fully saturated rings. The number of nitrogens with one attached hydrogen (secondary N) is 2. The molecule has 1 aliphatic heterocycles. The summed E-state index contributed by atoms with van der Waals surface area (Å²) in [6.07, 6.45) is 3.01. The molecule has 1 heterocycles. The van der Waals surface area contributed by atoms with Gasteiger partial charge < -0.3 is 20.1 Å². The average Bonchev–Trinajstić information content (AvgIpc) is 2.94. The largest absolute Gasteiger partial charge is 0.490 e. The molecule has 5 nitrogen and oxygen atoms in total. The van der Waals surface area contributed by atoms with Crippen molar-refractivity contribution in [2.45, 2.75) is 31.3 Å². The van der Waals surface area contributed by atoms with Gasteiger partial charge in [0.1, 0.15) is 0 Å². The molecule has 2 aromatic rings. The lowest BCUT2D eigenvalue weighted by atomic mass is 10.1. The first kappa shape index (κ1) is 19.4. The van der Waals surface area contributed by atoms with Crippen LogP contribution in [0.3, 0.4) is 0 Å². The zero-order chi connectivity index (χ0) is 19.1. The van der Waals surface area contributed by atoms with Crippen molar-refractivity contribution >= 4 is 17.7 Å². The van der Waals surface area contributed by atoms with Crippen LogP contribution in [0, 0.1) is 6.92 Å². The van der Waals surface area contributed by atoms with Crippen molar-refractivity contribution in [3.63, 3.8) is 0 Å². The number of aryl methyl sites for hydroxylation is 1. The van der Waals surface area contributed by atoms with E-state index in [0.29, 0.717) is 19.8 Å². The molecule has 0 bridgehead atoms. The van der Waals surface area contributed by atoms with Crippen molar-refractivity contribution in [2.75, 3.05) is 26.5 Å². The fourth-order valence-electron chi connectivity index (χ4n) is 2.97. The zero-order valence-corrected chi connectivity index (χ0v) is 17.0. The number of benzene rings is 2. The SMILES string of the molecule is CN=C(NCc1ccc(C)cc1SC)NCc1cccc2c1OCCCO2. The Kier molecular flexibility index (Phi) is 6.87. The Morgan fingerprint density at radius 3 is 2.63 bits per heavy atom. The quantitative estimate of drug-likeness (QED) is 0.466. The minimum atomic E-state index is 0.621. The Labute approximate surface area is 165 Å². The number of rotatable bonds is 5. The number of guanidine groups is 1. The smallest absolute Gasteiger partial charge is 0.191 e. The van der Waals surface area contributed by atoms with Gasteiger partial charge in [0.25, 0.3) is 0 Å². The number of hydrogen-bond acceptors (Lipinski definition) is 4. The van der Waals surface area contributed by atoms with Gasteiger partial charge in [-0.1, -0.05) is 24.3 Å². The van der Waals surface area contributed by atoms with E-state index in [1.54, 1.807) is 18.8 Å². The number of ether oxygens (including phenoxy) is 2. The molecule has 0 saturated heterocycles. The second-order valence-electron chi connectivity index (χ2n) is 6.39. The molecule has 144 valence electrons. The van der Waals surface area contributed by atoms with Crippen molar-refractivity contribution in [2.24, 2.45) is 4.99 Å². The Balaban J connectivity index is 1.62. The maximum atomic E-state index is 5.89. The van der Waals surface area contributed by atoms with Gasteiger partial charge in [0.15, 0.2) is 17.5 Å². The highest BCUT2D eigenvalue weighted by Crippen LogP contribution is 2.33. The third kappa shape index (κ3) is 5.10. The summed E-state index contributed by atoms with van der Waals surface area (Å²) in [6, 6.07) is 12.5. The number of hydrogen-bond donors (Lipinski definition) is 2. The summed E-state index contributed by atoms with van der Waals surface area (Å²) in [5, 5.41) is 6.77. The van der Waals surface area contributed by atoms with Gasteiger partial charge in [0.05, 0.1) is 13.2 Å². The van der Waals surface area contributed by atoms with Crippen molar-refractivity contribution < 1.29 is 9.47 Å². The normalized spacial score (nSPS) is 13.8. The Morgan fingerprint density at radius 2 is 1.85 bits per heavy atom. The van der Waals surface area contributed by atoms with Crippen LogP contribution >= 0.6 is 11.8 Å². The average molecular weight is 386 g/mol. The Hall–Kier alpha value is -2.34. The van der Waals surface area contributed by atoms with Crippen LogP contribution in [0.5, 0.6) is 11.5 Å². The molecule has 1 aliphatic rings. The topological polar surface area (TPSA) is 54.9 Å². The van der Waals surface area contributed by atoms with Gasteiger partial charge in [0, 0.05) is 37.0 Å². The van der Waals surface area contributed by atoms with E-state index < -0.39 is 0 Å². The van der Waals surface area contributed by atoms with E-state index in [0.717, 1.165) is 36.0 Å². The lowest BCUT2D eigenvalue weighted by molar-refractivity contribution is 0.296. The summed E-state index contributed by atoms with van der Waals surface area (Å²) in [5.74, 6) is 2.41. The van der Waals surface area contributed by atoms with Crippen LogP contribution in [0.2, 0.25) is 0 Å². The van der Waals surface area contributed by atoms with E-state index in [1.165, 1.54) is 16.0 Å². The zero-order valence-electron chi connectivity index (χ0n) is 16.2. The van der Waals surface area contributed by atoms with E-state index in [-0.39, 0.29) is 0 Å². The molecule has 2 N–H and O–H groups in total. The predicted octanol–water partition coefficient (Wildman–Crippen LogP) is 3.74. The molecule has 0 amide bonds. The molecular formula is C21H27N3O2S. The number of aliphatic imine (C=N–C) groups is 1. The van der Waals surface area contributed by atoms with Gasteiger partial charge in [-0.2, -0.15) is 0 Å². The van der Waals surface area contributed by atoms with Crippen LogP contribution in [-0.2, 0) is 13.1 Å². The lowest BCUT2D eigenvalue weighted by Gasteiger charge is -2.16. The maximum Gasteiger partial charge on any atom is 0.191 e. The van der Waals surface area contributed by atoms with Gasteiger partial charge in [-0.25, -0.2) is 0 Å². The van der Waals surface area contributed by atoms with E-state index in [2.05, 4.69) is 53.1 Å². The molecule has 0 radical (unpaired) electrons. The monoisotopic (exact) mass is 385 g/mol. The Morgan fingerprint density at radius 1 is 1.07 bits per heavy atom. The van der Waals surface area contributed by atoms with Crippen LogP contribution < -0.4 is 20.1 Å². The van der Waals surface area contributed by atoms with E-state index >= 15 is 0 Å². The molecular weight excluding hydrogens is 358 g/mol. The summed E-state index contributed by atoms with van der Waals surface area (Å²) < 4.78 is 11.7. The van der Waals surface area contributed by atoms with Gasteiger partial charge in [0.2, 0.25) is 0 Å². The highest BCUT2D eigenvalue weighted by Gasteiger charge is 2.14. The highest BCUT2D eigenvalue weighted by atomic mass is 32.2. The molecule has 2 aromatic carbocycles. The fraction of sp³-hybridized carbons (Fsp3) is 0.381. The maximum absolute atomic E-state index is 5.89. The van der Waals surface area contributed by atoms with Gasteiger partial charge in [-0.3, -0.25) is 4.99 Å². The number of fused-ring (bicyclic) bond motifs is 1. The van der Waals surface area contributed by atoms with Gasteiger partial charge in [-0.05, 0) is 36.4 Å². The summed E-state index contributed by atoms with van der Waals surface area (Å²) in [6.45, 7) is 4.84. The van der Waals surface area contributed by atoms with E-state index in [1.807, 2.05) is 12.1 Å². The summed E-state index contributed by atoms with van der Waals surface area (Å²) in [4.78, 5) is 5.63. The third-order valence-corrected chi connectivity index (χ3v) is 5.23. The van der Waals surface area contributed by atoms with Crippen LogP contribution in [0.4, 0.5) is 0 Å². The molecule has 27 heavy (non-hydrogen) atoms. The summed E-state index contributed by atoms with van der Waals surface area (Å²) in [5.41, 5.74) is 3.61. The molecule has 0 aromatic heterocycles. The predicted molar refractivity (Wildman–Crippen MR) is 112 cm³/mol. The second kappa shape index (κ2) is 9.55. The minimum Gasteiger partial charge on any atom is -0.490 e. The van der Waals surface area contributed by atoms with Gasteiger partial charge >= 0.3 is 0 Å². The molecule has 0 saturated carbocycles. The Bertz CT molecular complexity index is 808. The number of thioether (sulfide) groups is 1. The first-order chi connectivity index (χ1) is 13.2. The van der Waals surface area contributed by atoms with E-state index in [4.69, 9.17) is 9.47 Å². The fourth-order valence-corrected chi connectivity index (χ4v) is 3.68. The van der Waals surface area contributed by atoms with Crippen molar-refractivity contribution in [3.8, 4) is 11.5 Å². The van der Waals surface area contributed by atoms with Crippen molar-refractivity contribution in [1.29, 1.82) is 0 Å². The van der Waals surface area contributed by atoms with Crippen LogP contribution in [0.1, 0.15) is 23.1 Å². The van der Waals surface area contributed by atoms with Gasteiger partial charge in [-0.15, -0.1) is 11.8 Å². The van der Waals surface area contributed by atoms with Crippen molar-refractivity contribution in [1.82, 2.24) is 10.6 Å². The first-order valence-electron chi connectivity index (χ1n) is 9.17. The molecule has 0 spiro atoms. The van der Waals surface area contributed by atoms with Crippen LogP contribution in [-0.4, -0.2) is 32.5 Å². The second-order valence-corrected chi connectivity index (χ2v) is 7.24. The molecule has 6 heteroatoms. The number of para-hydroxylation sites is 1. The molecule has 0 unspecified atom stereocenters. The standard InChI is InChI=1S/C21H27N3O2S/c1-15-8-9-16(19(12-15)27-3)13-23-21(22-2)24-14-17-6-4-7-18-20(17)26-11-5-10-25-18/h4,6-9,12H,5,10-11,13-14H2,1-3H3,(H2,22,23,24). The van der Waals surface area contributed by atoms with E-state index in [9.17, 15) is 0 Å². The molecule has 3 rings (SSSR count). The van der Waals surface area contributed by atoms with Crippen LogP contribution in [0.25, 0.3) is 0 Å². The van der Waals surface area contributed by atoms with Crippen molar-refractivity contribution in [3.05, 3.63) is 53.1 Å². The molecule has 0 aliphatic carbocycles.